The van der Waals surface area contributed by atoms with E-state index in [-0.39, 0.29) is 49.4 Å². The van der Waals surface area contributed by atoms with Gasteiger partial charge >= 0.3 is 12.1 Å². The van der Waals surface area contributed by atoms with Gasteiger partial charge in [0.2, 0.25) is 5.91 Å². The van der Waals surface area contributed by atoms with Crippen LogP contribution in [0.25, 0.3) is 11.1 Å². The maximum Gasteiger partial charge on any atom is 0.407 e. The number of nitrogens with one attached hydrogen (secondary N) is 2. The molecule has 0 unspecified atom stereocenters. The van der Waals surface area contributed by atoms with Crippen LogP contribution in [-0.2, 0) is 16.1 Å². The maximum atomic E-state index is 12.1. The molecule has 0 bridgehead atoms. The second-order valence-corrected chi connectivity index (χ2v) is 7.62. The summed E-state index contributed by atoms with van der Waals surface area (Å²) in [7, 11) is 0. The Balaban J connectivity index is 1.17. The average molecular weight is 449 g/mol. The van der Waals surface area contributed by atoms with E-state index >= 15 is 0 Å². The zero-order valence-electron chi connectivity index (χ0n) is 17.7. The number of nitrogens with zero attached hydrogens (tertiary/aromatic N) is 1. The first-order valence-electron chi connectivity index (χ1n) is 10.6. The molecule has 0 fully saturated rings. The van der Waals surface area contributed by atoms with Crippen LogP contribution in [-0.4, -0.2) is 41.4 Å². The molecule has 0 saturated heterocycles. The van der Waals surface area contributed by atoms with Crippen molar-refractivity contribution < 1.29 is 28.8 Å². The largest absolute Gasteiger partial charge is 0.476 e. The molecule has 2 amide bonds. The number of aromatic carboxylic acids is 1. The molecule has 33 heavy (non-hydrogen) atoms. The molecule has 0 radical (unpaired) electrons. The minimum absolute atomic E-state index is 0.00772. The van der Waals surface area contributed by atoms with Gasteiger partial charge in [0.1, 0.15) is 6.61 Å². The number of carboxylic acids is 1. The normalized spacial score (nSPS) is 12.0. The van der Waals surface area contributed by atoms with E-state index in [2.05, 4.69) is 40.1 Å². The quantitative estimate of drug-likeness (QED) is 0.427. The Morgan fingerprint density at radius 1 is 1.00 bits per heavy atom. The number of hydrogen-bond donors (Lipinski definition) is 3. The van der Waals surface area contributed by atoms with Gasteiger partial charge in [-0.15, -0.1) is 0 Å². The molecule has 170 valence electrons. The van der Waals surface area contributed by atoms with E-state index < -0.39 is 12.1 Å². The van der Waals surface area contributed by atoms with Crippen LogP contribution in [0, 0.1) is 0 Å². The number of amides is 2. The molecule has 9 heteroatoms. The highest BCUT2D eigenvalue weighted by Crippen LogP contribution is 2.44. The maximum absolute atomic E-state index is 12.1. The number of alkyl carbamates (subject to hydrolysis) is 1. The lowest BCUT2D eigenvalue weighted by molar-refractivity contribution is -0.121. The number of carbonyl (C=O) groups excluding carboxylic acids is 2. The van der Waals surface area contributed by atoms with E-state index in [1.807, 2.05) is 24.3 Å². The van der Waals surface area contributed by atoms with Gasteiger partial charge in [-0.3, -0.25) is 4.79 Å². The molecule has 0 atom stereocenters. The summed E-state index contributed by atoms with van der Waals surface area (Å²) in [4.78, 5) is 34.8. The van der Waals surface area contributed by atoms with Crippen LogP contribution >= 0.6 is 0 Å². The number of carboxylic acid groups (broad SMARTS) is 1. The van der Waals surface area contributed by atoms with Gasteiger partial charge in [-0.2, -0.15) is 0 Å². The smallest absolute Gasteiger partial charge is 0.407 e. The average Bonchev–Trinajstić information content (AvgIpc) is 3.42. The van der Waals surface area contributed by atoms with Gasteiger partial charge in [-0.1, -0.05) is 53.7 Å². The third kappa shape index (κ3) is 5.20. The SMILES string of the molecule is O=C(CCCNC(=O)OCC1c2ccccc2-c2ccccc21)NCc1cc(C(=O)O)no1. The number of carbonyl (C=O) groups is 3. The van der Waals surface area contributed by atoms with Gasteiger partial charge in [-0.05, 0) is 28.7 Å². The van der Waals surface area contributed by atoms with Crippen molar-refractivity contribution in [2.45, 2.75) is 25.3 Å². The van der Waals surface area contributed by atoms with Crippen molar-refractivity contribution >= 4 is 18.0 Å². The van der Waals surface area contributed by atoms with Crippen molar-refractivity contribution in [3.8, 4) is 11.1 Å². The number of rotatable bonds is 9. The van der Waals surface area contributed by atoms with Crippen molar-refractivity contribution in [2.75, 3.05) is 13.2 Å². The second kappa shape index (κ2) is 9.99. The zero-order chi connectivity index (χ0) is 23.2. The van der Waals surface area contributed by atoms with E-state index in [0.717, 1.165) is 22.3 Å². The molecule has 1 aliphatic carbocycles. The summed E-state index contributed by atoms with van der Waals surface area (Å²) in [5.74, 6) is -1.21. The minimum Gasteiger partial charge on any atom is -0.476 e. The highest BCUT2D eigenvalue weighted by Gasteiger charge is 2.28. The van der Waals surface area contributed by atoms with Crippen molar-refractivity contribution in [3.05, 3.63) is 77.2 Å². The minimum atomic E-state index is -1.20. The van der Waals surface area contributed by atoms with Gasteiger partial charge in [0, 0.05) is 24.9 Å². The molecule has 1 heterocycles. The Hall–Kier alpha value is -4.14. The van der Waals surface area contributed by atoms with Crippen molar-refractivity contribution in [2.24, 2.45) is 0 Å². The van der Waals surface area contributed by atoms with E-state index in [9.17, 15) is 14.4 Å². The van der Waals surface area contributed by atoms with Crippen molar-refractivity contribution in [1.29, 1.82) is 0 Å². The van der Waals surface area contributed by atoms with Gasteiger partial charge in [0.05, 0.1) is 6.54 Å². The van der Waals surface area contributed by atoms with Crippen LogP contribution in [0.1, 0.15) is 46.1 Å². The van der Waals surface area contributed by atoms with Crippen molar-refractivity contribution in [1.82, 2.24) is 15.8 Å². The summed E-state index contributed by atoms with van der Waals surface area (Å²) in [5.41, 5.74) is 4.40. The number of aromatic nitrogens is 1. The van der Waals surface area contributed by atoms with Crippen molar-refractivity contribution in [3.63, 3.8) is 0 Å². The summed E-state index contributed by atoms with van der Waals surface area (Å²) in [6.45, 7) is 0.560. The Bertz CT molecular complexity index is 1130. The van der Waals surface area contributed by atoms with Crippen LogP contribution in [0.15, 0.2) is 59.1 Å². The molecule has 0 saturated carbocycles. The van der Waals surface area contributed by atoms with Gasteiger partial charge in [-0.25, -0.2) is 9.59 Å². The van der Waals surface area contributed by atoms with Crippen LogP contribution in [0.4, 0.5) is 4.79 Å². The van der Waals surface area contributed by atoms with E-state index in [4.69, 9.17) is 14.4 Å². The second-order valence-electron chi connectivity index (χ2n) is 7.62. The molecular weight excluding hydrogens is 426 g/mol. The Labute approximate surface area is 189 Å². The number of benzene rings is 2. The molecule has 3 N–H and O–H groups in total. The molecule has 0 aliphatic heterocycles. The lowest BCUT2D eigenvalue weighted by atomic mass is 9.98. The number of ether oxygens (including phenoxy) is 1. The summed E-state index contributed by atoms with van der Waals surface area (Å²) in [6, 6.07) is 17.5. The monoisotopic (exact) mass is 449 g/mol. The lowest BCUT2D eigenvalue weighted by Gasteiger charge is -2.14. The highest BCUT2D eigenvalue weighted by atomic mass is 16.5. The van der Waals surface area contributed by atoms with Gasteiger partial charge in [0.15, 0.2) is 11.5 Å². The lowest BCUT2D eigenvalue weighted by Crippen LogP contribution is -2.28. The summed E-state index contributed by atoms with van der Waals surface area (Å²) < 4.78 is 10.3. The van der Waals surface area contributed by atoms with Crippen LogP contribution in [0.2, 0.25) is 0 Å². The fraction of sp³-hybridized carbons (Fsp3) is 0.250. The Morgan fingerprint density at radius 3 is 2.30 bits per heavy atom. The first-order chi connectivity index (χ1) is 16.0. The molecule has 1 aliphatic rings. The molecule has 1 aromatic heterocycles. The molecule has 3 aromatic rings. The standard InChI is InChI=1S/C24H23N3O6/c28-22(26-13-15-12-21(23(29)30)27-33-15)10-5-11-25-24(31)32-14-20-18-8-3-1-6-16(18)17-7-2-4-9-19(17)20/h1-4,6-9,12,20H,5,10-11,13-14H2,(H,25,31)(H,26,28)(H,29,30). The molecule has 0 spiro atoms. The number of fused-ring (bicyclic) bond motifs is 3. The Kier molecular flexibility index (Phi) is 6.68. The first-order valence-corrected chi connectivity index (χ1v) is 10.6. The summed E-state index contributed by atoms with van der Waals surface area (Å²) in [5, 5.41) is 17.4. The summed E-state index contributed by atoms with van der Waals surface area (Å²) >= 11 is 0. The van der Waals surface area contributed by atoms with E-state index in [0.29, 0.717) is 6.42 Å². The van der Waals surface area contributed by atoms with Crippen LogP contribution < -0.4 is 10.6 Å². The zero-order valence-corrected chi connectivity index (χ0v) is 17.7. The van der Waals surface area contributed by atoms with E-state index in [1.54, 1.807) is 0 Å². The first kappa shape index (κ1) is 22.1. The molecule has 4 rings (SSSR count). The van der Waals surface area contributed by atoms with Gasteiger partial charge in [0.25, 0.3) is 0 Å². The highest BCUT2D eigenvalue weighted by molar-refractivity contribution is 5.85. The molecular formula is C24H23N3O6. The summed E-state index contributed by atoms with van der Waals surface area (Å²) in [6.07, 6.45) is 0.0799. The van der Waals surface area contributed by atoms with Crippen LogP contribution in [0.5, 0.6) is 0 Å². The third-order valence-electron chi connectivity index (χ3n) is 5.43. The predicted octanol–water partition coefficient (Wildman–Crippen LogP) is 3.31. The number of hydrogen-bond acceptors (Lipinski definition) is 6. The van der Waals surface area contributed by atoms with Gasteiger partial charge < -0.3 is 25.0 Å². The molecule has 9 nitrogen and oxygen atoms in total. The fourth-order valence-corrected chi connectivity index (χ4v) is 3.86. The van der Waals surface area contributed by atoms with Crippen LogP contribution in [0.3, 0.4) is 0 Å². The topological polar surface area (TPSA) is 131 Å². The Morgan fingerprint density at radius 2 is 1.67 bits per heavy atom. The fourth-order valence-electron chi connectivity index (χ4n) is 3.86. The van der Waals surface area contributed by atoms with E-state index in [1.165, 1.54) is 6.07 Å². The predicted molar refractivity (Wildman–Crippen MR) is 118 cm³/mol. The molecule has 2 aromatic carbocycles. The third-order valence-corrected chi connectivity index (χ3v) is 5.43.